The Balaban J connectivity index is 2.02. The molecule has 1 aliphatic carbocycles. The average Bonchev–Trinajstić information content (AvgIpc) is 1.96. The van der Waals surface area contributed by atoms with Crippen LogP contribution in [0.15, 0.2) is 12.7 Å². The minimum atomic E-state index is -0.133. The predicted octanol–water partition coefficient (Wildman–Crippen LogP) is 0.450. The van der Waals surface area contributed by atoms with Crippen molar-refractivity contribution in [1.82, 2.24) is 5.32 Å². The van der Waals surface area contributed by atoms with Crippen LogP contribution in [0.1, 0.15) is 19.3 Å². The lowest BCUT2D eigenvalue weighted by Crippen LogP contribution is -2.38. The van der Waals surface area contributed by atoms with Crippen LogP contribution in [0.2, 0.25) is 0 Å². The molecule has 68 valence electrons. The molecule has 0 aliphatic heterocycles. The lowest BCUT2D eigenvalue weighted by atomic mass is 9.82. The molecule has 0 aromatic heterocycles. The number of hydrogen-bond donors (Lipinski definition) is 2. The van der Waals surface area contributed by atoms with Crippen LogP contribution in [0.25, 0.3) is 0 Å². The Hall–Kier alpha value is -0.830. The standard InChI is InChI=1S/C9H15NO2/c1-2-3-9(12)10-6-7-4-8(11)5-7/h2,7-8,11H,1,3-6H2,(H,10,12). The summed E-state index contributed by atoms with van der Waals surface area (Å²) in [6.45, 7) is 4.17. The monoisotopic (exact) mass is 169 g/mol. The molecule has 0 bridgehead atoms. The molecule has 0 radical (unpaired) electrons. The van der Waals surface area contributed by atoms with Crippen LogP contribution in [0.4, 0.5) is 0 Å². The lowest BCUT2D eigenvalue weighted by molar-refractivity contribution is -0.120. The highest BCUT2D eigenvalue weighted by molar-refractivity contribution is 5.77. The molecule has 3 heteroatoms. The molecule has 1 amide bonds. The number of rotatable bonds is 4. The van der Waals surface area contributed by atoms with Gasteiger partial charge in [-0.2, -0.15) is 0 Å². The van der Waals surface area contributed by atoms with E-state index in [1.807, 2.05) is 0 Å². The number of hydrogen-bond acceptors (Lipinski definition) is 2. The second-order valence-corrected chi connectivity index (χ2v) is 3.29. The summed E-state index contributed by atoms with van der Waals surface area (Å²) < 4.78 is 0. The van der Waals surface area contributed by atoms with Gasteiger partial charge in [0.1, 0.15) is 0 Å². The average molecular weight is 169 g/mol. The van der Waals surface area contributed by atoms with Crippen LogP contribution in [0.5, 0.6) is 0 Å². The van der Waals surface area contributed by atoms with E-state index >= 15 is 0 Å². The van der Waals surface area contributed by atoms with Gasteiger partial charge in [0, 0.05) is 13.0 Å². The third-order valence-corrected chi connectivity index (χ3v) is 2.13. The Morgan fingerprint density at radius 1 is 1.67 bits per heavy atom. The largest absolute Gasteiger partial charge is 0.393 e. The molecule has 0 saturated heterocycles. The Labute approximate surface area is 72.5 Å². The SMILES string of the molecule is C=CCC(=O)NCC1CC(O)C1. The summed E-state index contributed by atoms with van der Waals surface area (Å²) in [5.74, 6) is 0.500. The zero-order valence-electron chi connectivity index (χ0n) is 7.12. The Bertz CT molecular complexity index is 173. The lowest BCUT2D eigenvalue weighted by Gasteiger charge is -2.31. The van der Waals surface area contributed by atoms with Crippen LogP contribution in [0.3, 0.4) is 0 Å². The first-order valence-electron chi connectivity index (χ1n) is 4.28. The molecule has 1 fully saturated rings. The predicted molar refractivity (Wildman–Crippen MR) is 46.6 cm³/mol. The fourth-order valence-electron chi connectivity index (χ4n) is 1.33. The van der Waals surface area contributed by atoms with Gasteiger partial charge in [0.05, 0.1) is 6.10 Å². The van der Waals surface area contributed by atoms with Gasteiger partial charge in [-0.05, 0) is 18.8 Å². The molecule has 12 heavy (non-hydrogen) atoms. The van der Waals surface area contributed by atoms with Gasteiger partial charge in [0.2, 0.25) is 5.91 Å². The Kier molecular flexibility index (Phi) is 3.29. The molecule has 0 heterocycles. The highest BCUT2D eigenvalue weighted by Crippen LogP contribution is 2.25. The highest BCUT2D eigenvalue weighted by Gasteiger charge is 2.26. The van der Waals surface area contributed by atoms with Gasteiger partial charge in [-0.25, -0.2) is 0 Å². The maximum atomic E-state index is 10.9. The summed E-state index contributed by atoms with van der Waals surface area (Å²) in [7, 11) is 0. The molecule has 1 rings (SSSR count). The number of aliphatic hydroxyl groups is 1. The topological polar surface area (TPSA) is 49.3 Å². The molecule has 2 N–H and O–H groups in total. The van der Waals surface area contributed by atoms with Crippen molar-refractivity contribution in [2.45, 2.75) is 25.4 Å². The normalized spacial score (nSPS) is 27.4. The maximum Gasteiger partial charge on any atom is 0.223 e. The van der Waals surface area contributed by atoms with E-state index < -0.39 is 0 Å². The summed E-state index contributed by atoms with van der Waals surface area (Å²) in [5.41, 5.74) is 0. The van der Waals surface area contributed by atoms with Crippen molar-refractivity contribution in [2.75, 3.05) is 6.54 Å². The van der Waals surface area contributed by atoms with Crippen molar-refractivity contribution < 1.29 is 9.90 Å². The van der Waals surface area contributed by atoms with Crippen LogP contribution < -0.4 is 5.32 Å². The van der Waals surface area contributed by atoms with E-state index in [-0.39, 0.29) is 12.0 Å². The van der Waals surface area contributed by atoms with Crippen LogP contribution >= 0.6 is 0 Å². The fourth-order valence-corrected chi connectivity index (χ4v) is 1.33. The van der Waals surface area contributed by atoms with Crippen molar-refractivity contribution in [3.8, 4) is 0 Å². The first kappa shape index (κ1) is 9.26. The van der Waals surface area contributed by atoms with Gasteiger partial charge in [0.15, 0.2) is 0 Å². The molecule has 0 aromatic carbocycles. The van der Waals surface area contributed by atoms with Crippen molar-refractivity contribution >= 4 is 5.91 Å². The van der Waals surface area contributed by atoms with Crippen molar-refractivity contribution in [3.05, 3.63) is 12.7 Å². The summed E-state index contributed by atoms with van der Waals surface area (Å²) >= 11 is 0. The van der Waals surface area contributed by atoms with E-state index in [2.05, 4.69) is 11.9 Å². The van der Waals surface area contributed by atoms with Gasteiger partial charge in [-0.1, -0.05) is 6.08 Å². The van der Waals surface area contributed by atoms with E-state index in [0.29, 0.717) is 18.9 Å². The highest BCUT2D eigenvalue weighted by atomic mass is 16.3. The second kappa shape index (κ2) is 4.26. The molecular formula is C9H15NO2. The molecule has 1 saturated carbocycles. The number of aliphatic hydroxyl groups excluding tert-OH is 1. The van der Waals surface area contributed by atoms with E-state index in [1.165, 1.54) is 0 Å². The van der Waals surface area contributed by atoms with Gasteiger partial charge in [-0.3, -0.25) is 4.79 Å². The first-order chi connectivity index (χ1) is 5.72. The number of carbonyl (C=O) groups is 1. The summed E-state index contributed by atoms with van der Waals surface area (Å²) in [5, 5.41) is 11.7. The van der Waals surface area contributed by atoms with E-state index in [9.17, 15) is 4.79 Å². The van der Waals surface area contributed by atoms with Crippen LogP contribution in [-0.4, -0.2) is 23.7 Å². The third-order valence-electron chi connectivity index (χ3n) is 2.13. The van der Waals surface area contributed by atoms with E-state index in [0.717, 1.165) is 12.8 Å². The van der Waals surface area contributed by atoms with E-state index in [1.54, 1.807) is 6.08 Å². The number of nitrogens with one attached hydrogen (secondary N) is 1. The maximum absolute atomic E-state index is 10.9. The molecule has 0 atom stereocenters. The minimum absolute atomic E-state index is 0.0198. The molecule has 3 nitrogen and oxygen atoms in total. The van der Waals surface area contributed by atoms with Crippen LogP contribution in [0, 0.1) is 5.92 Å². The molecule has 0 unspecified atom stereocenters. The van der Waals surface area contributed by atoms with Crippen molar-refractivity contribution in [1.29, 1.82) is 0 Å². The van der Waals surface area contributed by atoms with Crippen molar-refractivity contribution in [2.24, 2.45) is 5.92 Å². The first-order valence-corrected chi connectivity index (χ1v) is 4.28. The van der Waals surface area contributed by atoms with Crippen molar-refractivity contribution in [3.63, 3.8) is 0 Å². The van der Waals surface area contributed by atoms with Gasteiger partial charge in [-0.15, -0.1) is 6.58 Å². The van der Waals surface area contributed by atoms with Gasteiger partial charge < -0.3 is 10.4 Å². The minimum Gasteiger partial charge on any atom is -0.393 e. The second-order valence-electron chi connectivity index (χ2n) is 3.29. The zero-order chi connectivity index (χ0) is 8.97. The van der Waals surface area contributed by atoms with Gasteiger partial charge in [0.25, 0.3) is 0 Å². The molecular weight excluding hydrogens is 154 g/mol. The van der Waals surface area contributed by atoms with Gasteiger partial charge >= 0.3 is 0 Å². The third kappa shape index (κ3) is 2.66. The fraction of sp³-hybridized carbons (Fsp3) is 0.667. The molecule has 0 spiro atoms. The quantitative estimate of drug-likeness (QED) is 0.600. The smallest absolute Gasteiger partial charge is 0.223 e. The van der Waals surface area contributed by atoms with Crippen LogP contribution in [-0.2, 0) is 4.79 Å². The Morgan fingerprint density at radius 2 is 2.33 bits per heavy atom. The molecule has 0 aromatic rings. The Morgan fingerprint density at radius 3 is 2.83 bits per heavy atom. The number of amides is 1. The van der Waals surface area contributed by atoms with E-state index in [4.69, 9.17) is 5.11 Å². The molecule has 1 aliphatic rings. The zero-order valence-corrected chi connectivity index (χ0v) is 7.12. The summed E-state index contributed by atoms with van der Waals surface area (Å²) in [6, 6.07) is 0. The summed E-state index contributed by atoms with van der Waals surface area (Å²) in [4.78, 5) is 10.9. The summed E-state index contributed by atoms with van der Waals surface area (Å²) in [6.07, 6.45) is 3.49. The number of carbonyl (C=O) groups excluding carboxylic acids is 1.